The molecule has 1 heterocycles. The van der Waals surface area contributed by atoms with Gasteiger partial charge >= 0.3 is 5.97 Å². The molecule has 1 aliphatic heterocycles. The Bertz CT molecular complexity index is 449. The summed E-state index contributed by atoms with van der Waals surface area (Å²) in [6, 6.07) is -1.78. The molecule has 19 heavy (non-hydrogen) atoms. The number of carboxylic acid groups (broad SMARTS) is 1. The molecule has 0 radical (unpaired) electrons. The SMILES string of the molecule is CCC[C@H](NC(=O)[C@@H]1C[C@@H](S(=O)(=O)O)CN1)C(=O)O. The van der Waals surface area contributed by atoms with Crippen molar-refractivity contribution in [3.05, 3.63) is 0 Å². The number of carbonyl (C=O) groups excluding carboxylic acids is 1. The van der Waals surface area contributed by atoms with Gasteiger partial charge in [0.05, 0.1) is 6.04 Å². The summed E-state index contributed by atoms with van der Waals surface area (Å²) in [5, 5.41) is 12.9. The molecule has 0 bridgehead atoms. The summed E-state index contributed by atoms with van der Waals surface area (Å²) in [5.74, 6) is -1.69. The standard InChI is InChI=1S/C10H18N2O6S/c1-2-3-7(10(14)15)12-9(13)8-4-6(5-11-8)19(16,17)18/h6-8,11H,2-5H2,1H3,(H,12,13)(H,14,15)(H,16,17,18)/t6-,7+,8+/m1/s1. The number of amides is 1. The van der Waals surface area contributed by atoms with E-state index in [1.54, 1.807) is 6.92 Å². The van der Waals surface area contributed by atoms with E-state index in [2.05, 4.69) is 10.6 Å². The van der Waals surface area contributed by atoms with E-state index in [1.165, 1.54) is 0 Å². The van der Waals surface area contributed by atoms with Gasteiger partial charge in [0.2, 0.25) is 5.91 Å². The van der Waals surface area contributed by atoms with Gasteiger partial charge in [-0.2, -0.15) is 8.42 Å². The fourth-order valence-electron chi connectivity index (χ4n) is 1.95. The second-order valence-electron chi connectivity index (χ2n) is 4.52. The summed E-state index contributed by atoms with van der Waals surface area (Å²) >= 11 is 0. The highest BCUT2D eigenvalue weighted by atomic mass is 32.2. The van der Waals surface area contributed by atoms with Crippen LogP contribution in [0.1, 0.15) is 26.2 Å². The van der Waals surface area contributed by atoms with Crippen molar-refractivity contribution in [3.8, 4) is 0 Å². The van der Waals surface area contributed by atoms with Gasteiger partial charge in [0.15, 0.2) is 0 Å². The molecule has 0 spiro atoms. The normalized spacial score (nSPS) is 24.9. The van der Waals surface area contributed by atoms with Gasteiger partial charge in [0.25, 0.3) is 10.1 Å². The summed E-state index contributed by atoms with van der Waals surface area (Å²) in [5.41, 5.74) is 0. The summed E-state index contributed by atoms with van der Waals surface area (Å²) in [6.45, 7) is 1.77. The fourth-order valence-corrected chi connectivity index (χ4v) is 2.69. The average Bonchev–Trinajstić information content (AvgIpc) is 2.76. The van der Waals surface area contributed by atoms with Crippen LogP contribution in [0.3, 0.4) is 0 Å². The topological polar surface area (TPSA) is 133 Å². The second-order valence-corrected chi connectivity index (χ2v) is 6.22. The molecular formula is C10H18N2O6S. The smallest absolute Gasteiger partial charge is 0.326 e. The monoisotopic (exact) mass is 294 g/mol. The van der Waals surface area contributed by atoms with Crippen LogP contribution < -0.4 is 10.6 Å². The lowest BCUT2D eigenvalue weighted by molar-refractivity contribution is -0.142. The number of carbonyl (C=O) groups is 2. The maximum absolute atomic E-state index is 11.8. The summed E-state index contributed by atoms with van der Waals surface area (Å²) in [7, 11) is -4.18. The minimum absolute atomic E-state index is 0.0254. The van der Waals surface area contributed by atoms with Crippen molar-refractivity contribution >= 4 is 22.0 Å². The Balaban J connectivity index is 2.58. The van der Waals surface area contributed by atoms with Crippen LogP contribution in [0.5, 0.6) is 0 Å². The van der Waals surface area contributed by atoms with E-state index in [4.69, 9.17) is 9.66 Å². The third kappa shape index (κ3) is 4.44. The van der Waals surface area contributed by atoms with Gasteiger partial charge in [0, 0.05) is 6.54 Å². The largest absolute Gasteiger partial charge is 0.480 e. The Hall–Kier alpha value is -1.19. The third-order valence-electron chi connectivity index (χ3n) is 3.02. The van der Waals surface area contributed by atoms with Gasteiger partial charge in [-0.25, -0.2) is 4.79 Å². The highest BCUT2D eigenvalue weighted by molar-refractivity contribution is 7.86. The summed E-state index contributed by atoms with van der Waals surface area (Å²) < 4.78 is 30.7. The van der Waals surface area contributed by atoms with Gasteiger partial charge in [-0.05, 0) is 12.8 Å². The minimum atomic E-state index is -4.18. The Labute approximate surface area is 111 Å². The van der Waals surface area contributed by atoms with Gasteiger partial charge in [-0.3, -0.25) is 9.35 Å². The molecule has 1 fully saturated rings. The first-order valence-electron chi connectivity index (χ1n) is 5.98. The van der Waals surface area contributed by atoms with Crippen molar-refractivity contribution in [2.24, 2.45) is 0 Å². The highest BCUT2D eigenvalue weighted by Gasteiger charge is 2.37. The fraction of sp³-hybridized carbons (Fsp3) is 0.800. The zero-order chi connectivity index (χ0) is 14.6. The first kappa shape index (κ1) is 15.9. The molecule has 0 aromatic heterocycles. The van der Waals surface area contributed by atoms with Crippen LogP contribution in [0.15, 0.2) is 0 Å². The second kappa shape index (κ2) is 6.31. The third-order valence-corrected chi connectivity index (χ3v) is 4.22. The summed E-state index contributed by atoms with van der Waals surface area (Å²) in [4.78, 5) is 22.7. The van der Waals surface area contributed by atoms with E-state index >= 15 is 0 Å². The molecule has 1 saturated heterocycles. The molecule has 0 aromatic carbocycles. The van der Waals surface area contributed by atoms with Crippen molar-refractivity contribution in [1.82, 2.24) is 10.6 Å². The van der Waals surface area contributed by atoms with Gasteiger partial charge in [0.1, 0.15) is 11.3 Å². The first-order chi connectivity index (χ1) is 8.75. The van der Waals surface area contributed by atoms with Gasteiger partial charge in [-0.15, -0.1) is 0 Å². The van der Waals surface area contributed by atoms with Gasteiger partial charge in [-0.1, -0.05) is 13.3 Å². The average molecular weight is 294 g/mol. The molecule has 8 nitrogen and oxygen atoms in total. The van der Waals surface area contributed by atoms with Crippen LogP contribution in [-0.2, 0) is 19.7 Å². The zero-order valence-corrected chi connectivity index (χ0v) is 11.3. The molecule has 0 unspecified atom stereocenters. The predicted octanol–water partition coefficient (Wildman–Crippen LogP) is -1.03. The Kier molecular flexibility index (Phi) is 5.27. The Morgan fingerprint density at radius 2 is 2.11 bits per heavy atom. The molecule has 1 aliphatic rings. The predicted molar refractivity (Wildman–Crippen MR) is 66.2 cm³/mol. The summed E-state index contributed by atoms with van der Waals surface area (Å²) in [6.07, 6.45) is 0.835. The number of nitrogens with one attached hydrogen (secondary N) is 2. The molecule has 9 heteroatoms. The van der Waals surface area contributed by atoms with Crippen LogP contribution in [0, 0.1) is 0 Å². The number of hydrogen-bond donors (Lipinski definition) is 4. The first-order valence-corrected chi connectivity index (χ1v) is 7.49. The molecular weight excluding hydrogens is 276 g/mol. The lowest BCUT2D eigenvalue weighted by Crippen LogP contribution is -2.48. The minimum Gasteiger partial charge on any atom is -0.480 e. The van der Waals surface area contributed by atoms with Crippen LogP contribution in [0.2, 0.25) is 0 Å². The molecule has 1 rings (SSSR count). The van der Waals surface area contributed by atoms with Crippen molar-refractivity contribution in [3.63, 3.8) is 0 Å². The Morgan fingerprint density at radius 1 is 1.47 bits per heavy atom. The maximum Gasteiger partial charge on any atom is 0.326 e. The maximum atomic E-state index is 11.8. The van der Waals surface area contributed by atoms with Crippen LogP contribution in [-0.4, -0.2) is 53.8 Å². The molecule has 110 valence electrons. The molecule has 0 aromatic rings. The quantitative estimate of drug-likeness (QED) is 0.460. The number of carboxylic acids is 1. The molecule has 3 atom stereocenters. The van der Waals surface area contributed by atoms with Crippen molar-refractivity contribution in [2.75, 3.05) is 6.54 Å². The highest BCUT2D eigenvalue weighted by Crippen LogP contribution is 2.14. The number of rotatable bonds is 6. The van der Waals surface area contributed by atoms with E-state index in [-0.39, 0.29) is 13.0 Å². The number of hydrogen-bond acceptors (Lipinski definition) is 5. The Morgan fingerprint density at radius 3 is 2.53 bits per heavy atom. The lowest BCUT2D eigenvalue weighted by Gasteiger charge is -2.16. The van der Waals surface area contributed by atoms with Crippen molar-refractivity contribution < 1.29 is 27.7 Å². The van der Waals surface area contributed by atoms with Crippen molar-refractivity contribution in [1.29, 1.82) is 0 Å². The molecule has 0 aliphatic carbocycles. The van der Waals surface area contributed by atoms with E-state index in [9.17, 15) is 18.0 Å². The van der Waals surface area contributed by atoms with Crippen LogP contribution >= 0.6 is 0 Å². The van der Waals surface area contributed by atoms with Crippen LogP contribution in [0.25, 0.3) is 0 Å². The molecule has 1 amide bonds. The van der Waals surface area contributed by atoms with E-state index in [1.807, 2.05) is 0 Å². The van der Waals surface area contributed by atoms with E-state index in [0.717, 1.165) is 0 Å². The van der Waals surface area contributed by atoms with Gasteiger partial charge < -0.3 is 15.7 Å². The van der Waals surface area contributed by atoms with E-state index < -0.39 is 39.3 Å². The molecule has 0 saturated carbocycles. The zero-order valence-electron chi connectivity index (χ0n) is 10.5. The molecule has 4 N–H and O–H groups in total. The number of aliphatic carboxylic acids is 1. The van der Waals surface area contributed by atoms with Crippen LogP contribution in [0.4, 0.5) is 0 Å². The van der Waals surface area contributed by atoms with Crippen molar-refractivity contribution in [2.45, 2.75) is 43.5 Å². The lowest BCUT2D eigenvalue weighted by atomic mass is 10.1. The van der Waals surface area contributed by atoms with E-state index in [0.29, 0.717) is 12.8 Å².